The summed E-state index contributed by atoms with van der Waals surface area (Å²) in [6, 6.07) is 11.1. The van der Waals surface area contributed by atoms with Crippen LogP contribution in [0.25, 0.3) is 5.69 Å². The van der Waals surface area contributed by atoms with Crippen molar-refractivity contribution in [2.45, 2.75) is 0 Å². The van der Waals surface area contributed by atoms with Gasteiger partial charge in [-0.3, -0.25) is 0 Å². The number of nitrogens with two attached hydrogens (primary N) is 2. The molecule has 0 saturated carbocycles. The number of nitrogen functional groups attached to an aromatic ring is 2. The minimum atomic E-state index is 0.0301. The Morgan fingerprint density at radius 3 is 2.60 bits per heavy atom. The second kappa shape index (κ2) is 4.84. The topological polar surface area (TPSA) is 118 Å². The van der Waals surface area contributed by atoms with Crippen molar-refractivity contribution in [3.05, 3.63) is 42.7 Å². The van der Waals surface area contributed by atoms with Crippen molar-refractivity contribution in [1.82, 2.24) is 24.7 Å². The Morgan fingerprint density at radius 2 is 1.85 bits per heavy atom. The molecule has 0 amide bonds. The lowest BCUT2D eigenvalue weighted by atomic mass is 10.3. The third-order valence-electron chi connectivity index (χ3n) is 2.43. The summed E-state index contributed by atoms with van der Waals surface area (Å²) in [6.45, 7) is 0. The Hall–Kier alpha value is -3.16. The summed E-state index contributed by atoms with van der Waals surface area (Å²) in [5.41, 5.74) is 11.9. The van der Waals surface area contributed by atoms with E-state index in [0.29, 0.717) is 0 Å². The van der Waals surface area contributed by atoms with Gasteiger partial charge in [-0.15, -0.1) is 5.10 Å². The van der Waals surface area contributed by atoms with E-state index in [1.807, 2.05) is 30.3 Å². The number of rotatable bonds is 3. The lowest BCUT2D eigenvalue weighted by Gasteiger charge is -2.02. The highest BCUT2D eigenvalue weighted by molar-refractivity contribution is 5.39. The van der Waals surface area contributed by atoms with E-state index in [0.717, 1.165) is 5.69 Å². The van der Waals surface area contributed by atoms with E-state index in [2.05, 4.69) is 20.1 Å². The molecule has 0 radical (unpaired) electrons. The Balaban J connectivity index is 1.84. The number of hydrogen-bond donors (Lipinski definition) is 2. The molecule has 4 N–H and O–H groups in total. The largest absolute Gasteiger partial charge is 0.404 e. The first-order valence-electron chi connectivity index (χ1n) is 5.76. The van der Waals surface area contributed by atoms with Crippen molar-refractivity contribution in [1.29, 1.82) is 0 Å². The Labute approximate surface area is 114 Å². The molecule has 3 rings (SSSR count). The molecule has 0 saturated heterocycles. The van der Waals surface area contributed by atoms with Crippen LogP contribution in [0.3, 0.4) is 0 Å². The second-order valence-electron chi connectivity index (χ2n) is 3.90. The Kier molecular flexibility index (Phi) is 2.88. The highest BCUT2D eigenvalue weighted by Gasteiger charge is 2.07. The number of anilines is 2. The number of benzene rings is 1. The molecule has 1 aromatic carbocycles. The standard InChI is InChI=1S/C12H11N7O/c13-9-6-10(17-11(14)16-9)20-12-15-7-19(18-12)8-4-2-1-3-5-8/h1-7H,(H4,13,14,16,17). The van der Waals surface area contributed by atoms with Crippen molar-refractivity contribution in [3.63, 3.8) is 0 Å². The lowest BCUT2D eigenvalue weighted by molar-refractivity contribution is 0.425. The van der Waals surface area contributed by atoms with Crippen LogP contribution in [0.1, 0.15) is 0 Å². The maximum Gasteiger partial charge on any atom is 0.342 e. The van der Waals surface area contributed by atoms with Gasteiger partial charge in [0, 0.05) is 6.07 Å². The van der Waals surface area contributed by atoms with Gasteiger partial charge in [-0.2, -0.15) is 15.0 Å². The number of hydrogen-bond acceptors (Lipinski definition) is 7. The van der Waals surface area contributed by atoms with Crippen LogP contribution in [-0.4, -0.2) is 24.7 Å². The van der Waals surface area contributed by atoms with E-state index in [9.17, 15) is 0 Å². The van der Waals surface area contributed by atoms with E-state index in [-0.39, 0.29) is 23.7 Å². The van der Waals surface area contributed by atoms with Crippen LogP contribution in [0, 0.1) is 0 Å². The molecule has 0 bridgehead atoms. The van der Waals surface area contributed by atoms with E-state index in [1.165, 1.54) is 6.07 Å². The second-order valence-corrected chi connectivity index (χ2v) is 3.90. The zero-order chi connectivity index (χ0) is 13.9. The van der Waals surface area contributed by atoms with Gasteiger partial charge in [0.1, 0.15) is 12.1 Å². The fraction of sp³-hybridized carbons (Fsp3) is 0. The molecule has 8 nitrogen and oxygen atoms in total. The average Bonchev–Trinajstić information content (AvgIpc) is 2.87. The molecule has 8 heteroatoms. The van der Waals surface area contributed by atoms with Crippen LogP contribution in [0.4, 0.5) is 11.8 Å². The van der Waals surface area contributed by atoms with Crippen LogP contribution in [0.15, 0.2) is 42.7 Å². The molecule has 0 aliphatic carbocycles. The molecule has 0 spiro atoms. The fourth-order valence-corrected chi connectivity index (χ4v) is 1.61. The molecule has 2 aromatic heterocycles. The molecule has 2 heterocycles. The van der Waals surface area contributed by atoms with E-state index in [1.54, 1.807) is 11.0 Å². The highest BCUT2D eigenvalue weighted by atomic mass is 16.5. The first kappa shape index (κ1) is 11.9. The molecule has 0 unspecified atom stereocenters. The van der Waals surface area contributed by atoms with Gasteiger partial charge in [0.2, 0.25) is 11.8 Å². The first-order valence-corrected chi connectivity index (χ1v) is 5.76. The molecular formula is C12H11N7O. The zero-order valence-electron chi connectivity index (χ0n) is 10.3. The van der Waals surface area contributed by atoms with Crippen LogP contribution in [-0.2, 0) is 0 Å². The monoisotopic (exact) mass is 269 g/mol. The molecule has 3 aromatic rings. The average molecular weight is 269 g/mol. The van der Waals surface area contributed by atoms with Gasteiger partial charge in [-0.25, -0.2) is 4.68 Å². The third-order valence-corrected chi connectivity index (χ3v) is 2.43. The number of ether oxygens (including phenoxy) is 1. The summed E-state index contributed by atoms with van der Waals surface area (Å²) >= 11 is 0. The first-order chi connectivity index (χ1) is 9.70. The van der Waals surface area contributed by atoms with Crippen molar-refractivity contribution in [2.75, 3.05) is 11.5 Å². The minimum absolute atomic E-state index is 0.0301. The van der Waals surface area contributed by atoms with E-state index < -0.39 is 0 Å². The SMILES string of the molecule is Nc1cc(Oc2ncn(-c3ccccc3)n2)nc(N)n1. The molecule has 0 aliphatic rings. The summed E-state index contributed by atoms with van der Waals surface area (Å²) < 4.78 is 6.97. The summed E-state index contributed by atoms with van der Waals surface area (Å²) in [5, 5.41) is 4.18. The predicted octanol–water partition coefficient (Wildman–Crippen LogP) is 1.01. The normalized spacial score (nSPS) is 10.4. The quantitative estimate of drug-likeness (QED) is 0.728. The van der Waals surface area contributed by atoms with Crippen molar-refractivity contribution >= 4 is 11.8 Å². The molecular weight excluding hydrogens is 258 g/mol. The van der Waals surface area contributed by atoms with Crippen molar-refractivity contribution in [2.24, 2.45) is 0 Å². The molecule has 20 heavy (non-hydrogen) atoms. The molecule has 100 valence electrons. The summed E-state index contributed by atoms with van der Waals surface area (Å²) in [6.07, 6.45) is 1.54. The molecule has 0 atom stereocenters. The predicted molar refractivity (Wildman–Crippen MR) is 72.3 cm³/mol. The number of aromatic nitrogens is 5. The highest BCUT2D eigenvalue weighted by Crippen LogP contribution is 2.18. The minimum Gasteiger partial charge on any atom is -0.404 e. The van der Waals surface area contributed by atoms with Crippen molar-refractivity contribution < 1.29 is 4.74 Å². The maximum atomic E-state index is 5.55. The van der Waals surface area contributed by atoms with Gasteiger partial charge < -0.3 is 16.2 Å². The fourth-order valence-electron chi connectivity index (χ4n) is 1.61. The van der Waals surface area contributed by atoms with Gasteiger partial charge in [0.25, 0.3) is 0 Å². The van der Waals surface area contributed by atoms with Crippen molar-refractivity contribution in [3.8, 4) is 17.6 Å². The third kappa shape index (κ3) is 2.48. The van der Waals surface area contributed by atoms with Gasteiger partial charge in [0.15, 0.2) is 0 Å². The summed E-state index contributed by atoms with van der Waals surface area (Å²) in [7, 11) is 0. The molecule has 0 aliphatic heterocycles. The van der Waals surface area contributed by atoms with Gasteiger partial charge in [-0.1, -0.05) is 18.2 Å². The van der Waals surface area contributed by atoms with Gasteiger partial charge in [0.05, 0.1) is 5.69 Å². The number of para-hydroxylation sites is 1. The molecule has 0 fully saturated rings. The Bertz CT molecular complexity index is 705. The summed E-state index contributed by atoms with van der Waals surface area (Å²) in [4.78, 5) is 11.7. The van der Waals surface area contributed by atoms with Crippen LogP contribution in [0.5, 0.6) is 11.9 Å². The smallest absolute Gasteiger partial charge is 0.342 e. The Morgan fingerprint density at radius 1 is 1.05 bits per heavy atom. The summed E-state index contributed by atoms with van der Waals surface area (Å²) in [5.74, 6) is 0.443. The van der Waals surface area contributed by atoms with E-state index >= 15 is 0 Å². The maximum absolute atomic E-state index is 5.55. The van der Waals surface area contributed by atoms with Gasteiger partial charge >= 0.3 is 6.01 Å². The van der Waals surface area contributed by atoms with Crippen LogP contribution in [0.2, 0.25) is 0 Å². The van der Waals surface area contributed by atoms with Crippen LogP contribution < -0.4 is 16.2 Å². The lowest BCUT2D eigenvalue weighted by Crippen LogP contribution is -2.01. The van der Waals surface area contributed by atoms with E-state index in [4.69, 9.17) is 16.2 Å². The van der Waals surface area contributed by atoms with Crippen LogP contribution >= 0.6 is 0 Å². The zero-order valence-corrected chi connectivity index (χ0v) is 10.3. The van der Waals surface area contributed by atoms with Gasteiger partial charge in [-0.05, 0) is 12.1 Å². The number of nitrogens with zero attached hydrogens (tertiary/aromatic N) is 5.